The van der Waals surface area contributed by atoms with Crippen LogP contribution in [0.3, 0.4) is 0 Å². The van der Waals surface area contributed by atoms with Crippen LogP contribution in [0.15, 0.2) is 60.7 Å². The van der Waals surface area contributed by atoms with Gasteiger partial charge in [0.2, 0.25) is 5.91 Å². The molecule has 1 atom stereocenters. The molecule has 0 saturated heterocycles. The lowest BCUT2D eigenvalue weighted by Crippen LogP contribution is -2.29. The first-order valence-corrected chi connectivity index (χ1v) is 9.37. The number of nitrogens with one attached hydrogen (secondary N) is 1. The van der Waals surface area contributed by atoms with Crippen molar-refractivity contribution in [3.05, 3.63) is 77.4 Å². The van der Waals surface area contributed by atoms with Gasteiger partial charge in [-0.3, -0.25) is 4.79 Å². The fourth-order valence-corrected chi connectivity index (χ4v) is 3.80. The number of likely N-dealkylation sites (N-methyl/N-ethyl adjacent to an activating group) is 1. The first-order chi connectivity index (χ1) is 13.1. The largest absolute Gasteiger partial charge is 0.387 e. The van der Waals surface area contributed by atoms with Gasteiger partial charge in [0.1, 0.15) is 0 Å². The van der Waals surface area contributed by atoms with Crippen LogP contribution in [0.5, 0.6) is 0 Å². The van der Waals surface area contributed by atoms with Crippen LogP contribution >= 0.6 is 0 Å². The van der Waals surface area contributed by atoms with E-state index in [0.29, 0.717) is 6.42 Å². The normalized spacial score (nSPS) is 14.2. The smallest absolute Gasteiger partial charge is 0.224 e. The van der Waals surface area contributed by atoms with Gasteiger partial charge in [-0.15, -0.1) is 0 Å². The van der Waals surface area contributed by atoms with Crippen molar-refractivity contribution in [1.29, 1.82) is 0 Å². The number of carbonyl (C=O) groups is 1. The van der Waals surface area contributed by atoms with Gasteiger partial charge in [-0.1, -0.05) is 54.6 Å². The van der Waals surface area contributed by atoms with Crippen molar-refractivity contribution in [2.24, 2.45) is 0 Å². The van der Waals surface area contributed by atoms with E-state index in [0.717, 1.165) is 34.9 Å². The van der Waals surface area contributed by atoms with Crippen molar-refractivity contribution in [1.82, 2.24) is 5.32 Å². The molecule has 0 fully saturated rings. The van der Waals surface area contributed by atoms with Crippen LogP contribution in [0.4, 0.5) is 5.69 Å². The second-order valence-corrected chi connectivity index (χ2v) is 7.19. The quantitative estimate of drug-likeness (QED) is 0.735. The third-order valence-corrected chi connectivity index (χ3v) is 5.34. The highest BCUT2D eigenvalue weighted by molar-refractivity contribution is 5.90. The third kappa shape index (κ3) is 3.67. The number of hydrogen-bond donors (Lipinski definition) is 2. The van der Waals surface area contributed by atoms with Crippen LogP contribution in [0.25, 0.3) is 10.8 Å². The number of nitrogens with zero attached hydrogens (tertiary/aromatic N) is 1. The molecule has 1 aliphatic rings. The van der Waals surface area contributed by atoms with Crippen LogP contribution in [-0.2, 0) is 17.6 Å². The maximum atomic E-state index is 12.4. The minimum absolute atomic E-state index is 0.0775. The molecular weight excluding hydrogens is 336 g/mol. The highest BCUT2D eigenvalue weighted by Crippen LogP contribution is 2.29. The molecule has 4 nitrogen and oxygen atoms in total. The van der Waals surface area contributed by atoms with E-state index in [1.807, 2.05) is 48.5 Å². The Hall–Kier alpha value is -2.85. The van der Waals surface area contributed by atoms with E-state index in [4.69, 9.17) is 0 Å². The van der Waals surface area contributed by atoms with Crippen molar-refractivity contribution >= 4 is 22.4 Å². The molecule has 0 aliphatic carbocycles. The topological polar surface area (TPSA) is 52.6 Å². The van der Waals surface area contributed by atoms with E-state index >= 15 is 0 Å². The molecule has 4 rings (SSSR count). The zero-order chi connectivity index (χ0) is 18.8. The van der Waals surface area contributed by atoms with Gasteiger partial charge >= 0.3 is 0 Å². The first-order valence-electron chi connectivity index (χ1n) is 9.37. The van der Waals surface area contributed by atoms with E-state index in [1.54, 1.807) is 0 Å². The molecule has 3 aromatic carbocycles. The lowest BCUT2D eigenvalue weighted by molar-refractivity contribution is -0.120. The molecule has 4 heteroatoms. The molecule has 138 valence electrons. The minimum Gasteiger partial charge on any atom is -0.387 e. The van der Waals surface area contributed by atoms with E-state index < -0.39 is 6.10 Å². The zero-order valence-corrected chi connectivity index (χ0v) is 15.5. The predicted molar refractivity (Wildman–Crippen MR) is 109 cm³/mol. The summed E-state index contributed by atoms with van der Waals surface area (Å²) in [6, 6.07) is 20.1. The average molecular weight is 360 g/mol. The summed E-state index contributed by atoms with van der Waals surface area (Å²) in [7, 11) is 2.08. The first kappa shape index (κ1) is 17.6. The summed E-state index contributed by atoms with van der Waals surface area (Å²) >= 11 is 0. The lowest BCUT2D eigenvalue weighted by Gasteiger charge is -2.16. The Bertz CT molecular complexity index is 978. The standard InChI is InChI=1S/C23H24N2O2/c1-25-12-11-18-13-19(9-10-21(18)25)22(26)15-24-23(27)14-17-7-4-6-16-5-2-3-8-20(16)17/h2-10,13,22,26H,11-12,14-15H2,1H3,(H,24,27). The second kappa shape index (κ2) is 7.41. The van der Waals surface area contributed by atoms with Crippen molar-refractivity contribution < 1.29 is 9.90 Å². The minimum atomic E-state index is -0.697. The number of carbonyl (C=O) groups excluding carboxylic acids is 1. The van der Waals surface area contributed by atoms with Crippen LogP contribution in [0, 0.1) is 0 Å². The molecular formula is C23H24N2O2. The number of anilines is 1. The number of aliphatic hydroxyl groups is 1. The number of rotatable bonds is 5. The van der Waals surface area contributed by atoms with Crippen LogP contribution in [-0.4, -0.2) is 31.2 Å². The number of aliphatic hydroxyl groups excluding tert-OH is 1. The second-order valence-electron chi connectivity index (χ2n) is 7.19. The molecule has 3 aromatic rings. The number of hydrogen-bond acceptors (Lipinski definition) is 3. The van der Waals surface area contributed by atoms with Gasteiger partial charge in [0.15, 0.2) is 0 Å². The molecule has 27 heavy (non-hydrogen) atoms. The van der Waals surface area contributed by atoms with Crippen LogP contribution in [0.1, 0.15) is 22.8 Å². The fourth-order valence-electron chi connectivity index (χ4n) is 3.80. The SMILES string of the molecule is CN1CCc2cc(C(O)CNC(=O)Cc3cccc4ccccc34)ccc21. The van der Waals surface area contributed by atoms with Gasteiger partial charge in [-0.25, -0.2) is 0 Å². The van der Waals surface area contributed by atoms with Gasteiger partial charge in [0.25, 0.3) is 0 Å². The monoisotopic (exact) mass is 360 g/mol. The van der Waals surface area contributed by atoms with Gasteiger partial charge in [0, 0.05) is 25.8 Å². The molecule has 1 heterocycles. The van der Waals surface area contributed by atoms with Gasteiger partial charge in [0.05, 0.1) is 12.5 Å². The maximum absolute atomic E-state index is 12.4. The van der Waals surface area contributed by atoms with Crippen molar-refractivity contribution in [2.75, 3.05) is 25.0 Å². The zero-order valence-electron chi connectivity index (χ0n) is 15.5. The van der Waals surface area contributed by atoms with E-state index in [2.05, 4.69) is 29.4 Å². The van der Waals surface area contributed by atoms with E-state index in [1.165, 1.54) is 11.3 Å². The summed E-state index contributed by atoms with van der Waals surface area (Å²) in [6.07, 6.45) is 0.612. The van der Waals surface area contributed by atoms with Gasteiger partial charge in [-0.2, -0.15) is 0 Å². The Balaban J connectivity index is 1.39. The molecule has 0 bridgehead atoms. The number of fused-ring (bicyclic) bond motifs is 2. The third-order valence-electron chi connectivity index (χ3n) is 5.34. The molecule has 1 aliphatic heterocycles. The fraction of sp³-hybridized carbons (Fsp3) is 0.261. The highest BCUT2D eigenvalue weighted by Gasteiger charge is 2.18. The molecule has 1 amide bonds. The summed E-state index contributed by atoms with van der Waals surface area (Å²) in [5.74, 6) is -0.0775. The summed E-state index contributed by atoms with van der Waals surface area (Å²) in [5.41, 5.74) is 4.34. The number of benzene rings is 3. The van der Waals surface area contributed by atoms with E-state index in [-0.39, 0.29) is 12.5 Å². The molecule has 2 N–H and O–H groups in total. The molecule has 0 saturated carbocycles. The highest BCUT2D eigenvalue weighted by atomic mass is 16.3. The summed E-state index contributed by atoms with van der Waals surface area (Å²) in [5, 5.41) is 15.6. The lowest BCUT2D eigenvalue weighted by atomic mass is 10.0. The molecule has 0 aromatic heterocycles. The summed E-state index contributed by atoms with van der Waals surface area (Å²) < 4.78 is 0. The predicted octanol–water partition coefficient (Wildman–Crippen LogP) is 3.22. The van der Waals surface area contributed by atoms with Crippen LogP contribution in [0.2, 0.25) is 0 Å². The molecule has 0 radical (unpaired) electrons. The van der Waals surface area contributed by atoms with Gasteiger partial charge < -0.3 is 15.3 Å². The molecule has 1 unspecified atom stereocenters. The molecule has 0 spiro atoms. The van der Waals surface area contributed by atoms with Gasteiger partial charge in [-0.05, 0) is 39.9 Å². The maximum Gasteiger partial charge on any atom is 0.224 e. The Morgan fingerprint density at radius 3 is 2.85 bits per heavy atom. The van der Waals surface area contributed by atoms with Crippen molar-refractivity contribution in [3.8, 4) is 0 Å². The van der Waals surface area contributed by atoms with Crippen LogP contribution < -0.4 is 10.2 Å². The Labute approximate surface area is 159 Å². The average Bonchev–Trinajstić information content (AvgIpc) is 3.07. The summed E-state index contributed by atoms with van der Waals surface area (Å²) in [4.78, 5) is 14.6. The Kier molecular flexibility index (Phi) is 4.82. The van der Waals surface area contributed by atoms with Crippen molar-refractivity contribution in [2.45, 2.75) is 18.9 Å². The summed E-state index contributed by atoms with van der Waals surface area (Å²) in [6.45, 7) is 1.23. The Morgan fingerprint density at radius 1 is 1.15 bits per heavy atom. The van der Waals surface area contributed by atoms with E-state index in [9.17, 15) is 9.90 Å². The Morgan fingerprint density at radius 2 is 1.96 bits per heavy atom. The number of amides is 1. The van der Waals surface area contributed by atoms with Crippen molar-refractivity contribution in [3.63, 3.8) is 0 Å².